The van der Waals surface area contributed by atoms with E-state index in [1.165, 1.54) is 28.1 Å². The van der Waals surface area contributed by atoms with Crippen molar-refractivity contribution in [2.75, 3.05) is 16.9 Å². The number of carbonyl (C=O) groups excluding carboxylic acids is 1. The van der Waals surface area contributed by atoms with Gasteiger partial charge in [-0.3, -0.25) is 4.79 Å². The molecule has 0 aliphatic rings. The highest BCUT2D eigenvalue weighted by molar-refractivity contribution is 7.99. The molecule has 0 aliphatic heterocycles. The Balaban J connectivity index is 1.59. The van der Waals surface area contributed by atoms with Crippen LogP contribution in [0.4, 0.5) is 14.5 Å². The highest BCUT2D eigenvalue weighted by Crippen LogP contribution is 2.25. The van der Waals surface area contributed by atoms with Crippen molar-refractivity contribution in [1.82, 2.24) is 14.9 Å². The largest absolute Gasteiger partial charge is 0.341 e. The van der Waals surface area contributed by atoms with Crippen LogP contribution >= 0.6 is 23.1 Å². The molecule has 1 amide bonds. The zero-order valence-corrected chi connectivity index (χ0v) is 16.4. The molecule has 0 atom stereocenters. The number of rotatable bonds is 7. The zero-order chi connectivity index (χ0) is 20.3. The number of anilines is 1. The Morgan fingerprint density at radius 3 is 2.57 bits per heavy atom. The molecule has 0 saturated carbocycles. The van der Waals surface area contributed by atoms with Crippen LogP contribution in [0.5, 0.6) is 0 Å². The number of nitrogens with zero attached hydrogens (tertiary/aromatic N) is 3. The van der Waals surface area contributed by atoms with Crippen LogP contribution in [-0.4, -0.2) is 40.7 Å². The van der Waals surface area contributed by atoms with Gasteiger partial charge in [-0.05, 0) is 35.7 Å². The Kier molecular flexibility index (Phi) is 5.96. The first-order valence-corrected chi connectivity index (χ1v) is 11.0. The van der Waals surface area contributed by atoms with Gasteiger partial charge in [0.2, 0.25) is 20.9 Å². The van der Waals surface area contributed by atoms with E-state index in [0.717, 1.165) is 28.8 Å². The lowest BCUT2D eigenvalue weighted by molar-refractivity contribution is -0.113. The topological polar surface area (TPSA) is 120 Å². The average Bonchev–Trinajstić information content (AvgIpc) is 3.30. The minimum absolute atomic E-state index is 0.0309. The lowest BCUT2D eigenvalue weighted by Gasteiger charge is -2.07. The highest BCUT2D eigenvalue weighted by Gasteiger charge is 2.26. The van der Waals surface area contributed by atoms with Gasteiger partial charge in [0.05, 0.1) is 15.5 Å². The molecule has 0 aliphatic carbocycles. The Labute approximate surface area is 166 Å². The van der Waals surface area contributed by atoms with E-state index >= 15 is 0 Å². The lowest BCUT2D eigenvalue weighted by Crippen LogP contribution is -2.16. The first kappa shape index (κ1) is 20.2. The molecule has 3 rings (SSSR count). The fraction of sp³-hybridized carbons (Fsp3) is 0.133. The Bertz CT molecular complexity index is 1070. The van der Waals surface area contributed by atoms with E-state index in [-0.39, 0.29) is 11.4 Å². The summed E-state index contributed by atoms with van der Waals surface area (Å²) in [6, 6.07) is 8.18. The van der Waals surface area contributed by atoms with E-state index < -0.39 is 26.4 Å². The monoisotopic (exact) mass is 445 g/mol. The predicted molar refractivity (Wildman–Crippen MR) is 102 cm³/mol. The van der Waals surface area contributed by atoms with Crippen LogP contribution in [0.3, 0.4) is 0 Å². The SMILES string of the molecule is Nn1c(SCC(=O)Nc2ccc(S(=O)(=O)C(F)F)cc2)nnc1-c1cccs1. The second-order valence-electron chi connectivity index (χ2n) is 5.32. The van der Waals surface area contributed by atoms with Crippen molar-refractivity contribution in [3.8, 4) is 10.7 Å². The maximum atomic E-state index is 12.5. The standard InChI is InChI=1S/C15H13F2N5O3S3/c16-14(17)28(24,25)10-5-3-9(4-6-10)19-12(23)8-27-15-21-20-13(22(15)18)11-2-1-7-26-11/h1-7,14H,8,18H2,(H,19,23). The van der Waals surface area contributed by atoms with E-state index in [4.69, 9.17) is 5.84 Å². The number of nitrogen functional groups attached to an aromatic ring is 1. The van der Waals surface area contributed by atoms with Crippen LogP contribution < -0.4 is 11.2 Å². The molecule has 28 heavy (non-hydrogen) atoms. The molecular formula is C15H13F2N5O3S3. The van der Waals surface area contributed by atoms with Gasteiger partial charge in [0.15, 0.2) is 5.82 Å². The van der Waals surface area contributed by atoms with Crippen molar-refractivity contribution in [2.24, 2.45) is 0 Å². The molecule has 0 fully saturated rings. The van der Waals surface area contributed by atoms with Crippen molar-refractivity contribution in [3.63, 3.8) is 0 Å². The number of thiophene rings is 1. The van der Waals surface area contributed by atoms with E-state index in [1.807, 2.05) is 17.5 Å². The van der Waals surface area contributed by atoms with E-state index in [2.05, 4.69) is 15.5 Å². The van der Waals surface area contributed by atoms with Gasteiger partial charge >= 0.3 is 5.76 Å². The van der Waals surface area contributed by atoms with Crippen LogP contribution in [0.25, 0.3) is 10.7 Å². The highest BCUT2D eigenvalue weighted by atomic mass is 32.2. The molecule has 148 valence electrons. The van der Waals surface area contributed by atoms with Crippen LogP contribution in [0.2, 0.25) is 0 Å². The first-order chi connectivity index (χ1) is 13.3. The van der Waals surface area contributed by atoms with Gasteiger partial charge in [0.1, 0.15) is 0 Å². The molecule has 8 nitrogen and oxygen atoms in total. The number of alkyl halides is 2. The first-order valence-electron chi connectivity index (χ1n) is 7.58. The third-order valence-electron chi connectivity index (χ3n) is 3.44. The molecule has 0 radical (unpaired) electrons. The maximum Gasteiger partial charge on any atom is 0.341 e. The number of aromatic nitrogens is 3. The summed E-state index contributed by atoms with van der Waals surface area (Å²) in [6.45, 7) is 0. The fourth-order valence-electron chi connectivity index (χ4n) is 2.11. The number of hydrogen-bond donors (Lipinski definition) is 2. The van der Waals surface area contributed by atoms with E-state index in [0.29, 0.717) is 11.0 Å². The van der Waals surface area contributed by atoms with Gasteiger partial charge in [-0.15, -0.1) is 21.5 Å². The minimum atomic E-state index is -4.67. The number of sulfone groups is 1. The molecule has 2 heterocycles. The van der Waals surface area contributed by atoms with Crippen molar-refractivity contribution in [3.05, 3.63) is 41.8 Å². The van der Waals surface area contributed by atoms with Crippen LogP contribution in [0, 0.1) is 0 Å². The predicted octanol–water partition coefficient (Wildman–Crippen LogP) is 2.45. The van der Waals surface area contributed by atoms with Gasteiger partial charge < -0.3 is 11.2 Å². The summed E-state index contributed by atoms with van der Waals surface area (Å²) in [4.78, 5) is 12.4. The molecule has 2 aromatic heterocycles. The minimum Gasteiger partial charge on any atom is -0.335 e. The van der Waals surface area contributed by atoms with Gasteiger partial charge in [-0.25, -0.2) is 13.1 Å². The van der Waals surface area contributed by atoms with E-state index in [9.17, 15) is 22.0 Å². The summed E-state index contributed by atoms with van der Waals surface area (Å²) in [6.07, 6.45) is 0. The third kappa shape index (κ3) is 4.31. The summed E-state index contributed by atoms with van der Waals surface area (Å²) in [5.41, 5.74) is 0.271. The second kappa shape index (κ2) is 8.24. The van der Waals surface area contributed by atoms with Gasteiger partial charge in [-0.2, -0.15) is 8.78 Å². The number of amides is 1. The summed E-state index contributed by atoms with van der Waals surface area (Å²) in [5, 5.41) is 12.7. The number of carbonyl (C=O) groups is 1. The molecule has 1 aromatic carbocycles. The average molecular weight is 445 g/mol. The molecule has 3 N–H and O–H groups in total. The number of benzene rings is 1. The Morgan fingerprint density at radius 1 is 1.25 bits per heavy atom. The summed E-state index contributed by atoms with van der Waals surface area (Å²) < 4.78 is 49.1. The third-order valence-corrected chi connectivity index (χ3v) is 6.65. The quantitative estimate of drug-likeness (QED) is 0.423. The van der Waals surface area contributed by atoms with Crippen LogP contribution in [0.1, 0.15) is 0 Å². The zero-order valence-electron chi connectivity index (χ0n) is 14.0. The summed E-state index contributed by atoms with van der Waals surface area (Å²) in [5.74, 6) is 2.48. The maximum absolute atomic E-state index is 12.5. The summed E-state index contributed by atoms with van der Waals surface area (Å²) >= 11 is 2.52. The summed E-state index contributed by atoms with van der Waals surface area (Å²) in [7, 11) is -4.67. The Morgan fingerprint density at radius 2 is 1.96 bits per heavy atom. The molecular weight excluding hydrogens is 432 g/mol. The second-order valence-corrected chi connectivity index (χ2v) is 9.13. The van der Waals surface area contributed by atoms with Gasteiger partial charge in [0.25, 0.3) is 0 Å². The lowest BCUT2D eigenvalue weighted by atomic mass is 10.3. The van der Waals surface area contributed by atoms with Crippen molar-refractivity contribution in [1.29, 1.82) is 0 Å². The van der Waals surface area contributed by atoms with E-state index in [1.54, 1.807) is 0 Å². The normalized spacial score (nSPS) is 11.7. The molecule has 0 saturated heterocycles. The fourth-order valence-corrected chi connectivity index (χ4v) is 4.19. The van der Waals surface area contributed by atoms with Crippen LogP contribution in [-0.2, 0) is 14.6 Å². The number of nitrogens with one attached hydrogen (secondary N) is 1. The Hall–Kier alpha value is -2.51. The van der Waals surface area contributed by atoms with Crippen molar-refractivity contribution in [2.45, 2.75) is 15.8 Å². The van der Waals surface area contributed by atoms with Crippen molar-refractivity contribution >= 4 is 44.5 Å². The molecule has 3 aromatic rings. The van der Waals surface area contributed by atoms with Gasteiger partial charge in [-0.1, -0.05) is 17.8 Å². The number of thioether (sulfide) groups is 1. The van der Waals surface area contributed by atoms with Crippen LogP contribution in [0.15, 0.2) is 51.8 Å². The van der Waals surface area contributed by atoms with Crippen molar-refractivity contribution < 1.29 is 22.0 Å². The number of hydrogen-bond acceptors (Lipinski definition) is 8. The molecule has 13 heteroatoms. The smallest absolute Gasteiger partial charge is 0.335 e. The van der Waals surface area contributed by atoms with Gasteiger partial charge in [0, 0.05) is 5.69 Å². The molecule has 0 unspecified atom stereocenters. The number of nitrogens with two attached hydrogens (primary N) is 1. The molecule has 0 bridgehead atoms. The molecule has 0 spiro atoms. The number of halogens is 2.